The first-order valence-electron chi connectivity index (χ1n) is 9.29. The van der Waals surface area contributed by atoms with Gasteiger partial charge in [0.15, 0.2) is 9.84 Å². The molecule has 3 nitrogen and oxygen atoms in total. The topological polar surface area (TPSA) is 57.9 Å². The minimum Gasteiger partial charge on any atom is -0.223 e. The molecule has 0 aromatic heterocycles. The van der Waals surface area contributed by atoms with Crippen LogP contribution < -0.4 is 0 Å². The third-order valence-corrected chi connectivity index (χ3v) is 7.14. The molecule has 0 N–H and O–H groups in total. The van der Waals surface area contributed by atoms with E-state index in [9.17, 15) is 8.42 Å². The minimum atomic E-state index is -3.50. The Morgan fingerprint density at radius 2 is 1.62 bits per heavy atom. The van der Waals surface area contributed by atoms with Crippen molar-refractivity contribution in [2.45, 2.75) is 56.1 Å². The summed E-state index contributed by atoms with van der Waals surface area (Å²) in [6.07, 6.45) is 5.38. The van der Waals surface area contributed by atoms with Crippen LogP contribution in [0.25, 0.3) is 0 Å². The molecule has 0 heterocycles. The Kier molecular flexibility index (Phi) is 7.41. The van der Waals surface area contributed by atoms with Crippen molar-refractivity contribution < 1.29 is 8.42 Å². The summed E-state index contributed by atoms with van der Waals surface area (Å²) in [6, 6.07) is 17.7. The molecule has 2 rings (SSSR count). The van der Waals surface area contributed by atoms with Crippen molar-refractivity contribution in [1.29, 1.82) is 5.26 Å². The molecule has 2 aromatic rings. The first-order chi connectivity index (χ1) is 12.5. The lowest BCUT2D eigenvalue weighted by atomic mass is 9.94. The van der Waals surface area contributed by atoms with Crippen molar-refractivity contribution in [2.24, 2.45) is 5.92 Å². The van der Waals surface area contributed by atoms with Gasteiger partial charge in [-0.1, -0.05) is 69.9 Å². The number of benzene rings is 2. The summed E-state index contributed by atoms with van der Waals surface area (Å²) in [7, 11) is -3.50. The van der Waals surface area contributed by atoms with Gasteiger partial charge in [-0.3, -0.25) is 0 Å². The van der Waals surface area contributed by atoms with Crippen LogP contribution in [0.3, 0.4) is 0 Å². The molecular formula is C22H27NO2S. The number of hydrogen-bond acceptors (Lipinski definition) is 3. The van der Waals surface area contributed by atoms with Crippen LogP contribution >= 0.6 is 0 Å². The molecule has 0 aliphatic carbocycles. The second-order valence-corrected chi connectivity index (χ2v) is 8.91. The molecule has 2 aromatic carbocycles. The van der Waals surface area contributed by atoms with Crippen LogP contribution in [0.15, 0.2) is 59.5 Å². The molecule has 0 aliphatic rings. The monoisotopic (exact) mass is 369 g/mol. The first-order valence-corrected chi connectivity index (χ1v) is 10.8. The highest BCUT2D eigenvalue weighted by atomic mass is 32.2. The summed E-state index contributed by atoms with van der Waals surface area (Å²) < 4.78 is 26.7. The number of rotatable bonds is 9. The Bertz CT molecular complexity index is 821. The van der Waals surface area contributed by atoms with E-state index in [0.717, 1.165) is 31.2 Å². The molecule has 0 spiro atoms. The molecule has 0 bridgehead atoms. The van der Waals surface area contributed by atoms with Crippen molar-refractivity contribution in [3.63, 3.8) is 0 Å². The molecule has 0 fully saturated rings. The Balaban J connectivity index is 2.36. The number of sulfone groups is 1. The smallest absolute Gasteiger partial charge is 0.185 e. The fraction of sp³-hybridized carbons (Fsp3) is 0.409. The third-order valence-electron chi connectivity index (χ3n) is 4.80. The van der Waals surface area contributed by atoms with Gasteiger partial charge in [0.25, 0.3) is 0 Å². The Morgan fingerprint density at radius 1 is 0.962 bits per heavy atom. The molecule has 0 saturated heterocycles. The van der Waals surface area contributed by atoms with Gasteiger partial charge in [-0.05, 0) is 42.2 Å². The van der Waals surface area contributed by atoms with Gasteiger partial charge in [-0.25, -0.2) is 8.42 Å². The lowest BCUT2D eigenvalue weighted by molar-refractivity contribution is 0.458. The number of hydrogen-bond donors (Lipinski definition) is 0. The normalized spacial score (nSPS) is 13.7. The number of nitrogens with zero attached hydrogens (tertiary/aromatic N) is 1. The van der Waals surface area contributed by atoms with Crippen molar-refractivity contribution in [3.8, 4) is 6.07 Å². The lowest BCUT2D eigenvalue weighted by Gasteiger charge is -2.25. The van der Waals surface area contributed by atoms with Crippen LogP contribution in [-0.2, 0) is 9.84 Å². The Labute approximate surface area is 157 Å². The maximum atomic E-state index is 13.4. The predicted octanol–water partition coefficient (Wildman–Crippen LogP) is 5.68. The number of nitriles is 1. The molecular weight excluding hydrogens is 342 g/mol. The average Bonchev–Trinajstić information content (AvgIpc) is 2.66. The zero-order valence-corrected chi connectivity index (χ0v) is 16.4. The molecule has 0 saturated carbocycles. The van der Waals surface area contributed by atoms with E-state index in [0.29, 0.717) is 10.5 Å². The largest absolute Gasteiger partial charge is 0.223 e. The molecule has 4 heteroatoms. The van der Waals surface area contributed by atoms with Gasteiger partial charge >= 0.3 is 0 Å². The van der Waals surface area contributed by atoms with Crippen molar-refractivity contribution in [2.75, 3.05) is 0 Å². The van der Waals surface area contributed by atoms with Crippen molar-refractivity contribution >= 4 is 9.84 Å². The van der Waals surface area contributed by atoms with Gasteiger partial charge < -0.3 is 0 Å². The summed E-state index contributed by atoms with van der Waals surface area (Å²) in [5.74, 6) is 0.00463. The van der Waals surface area contributed by atoms with E-state index >= 15 is 0 Å². The molecule has 138 valence electrons. The van der Waals surface area contributed by atoms with E-state index in [4.69, 9.17) is 5.26 Å². The summed E-state index contributed by atoms with van der Waals surface area (Å²) in [4.78, 5) is 0.356. The van der Waals surface area contributed by atoms with Gasteiger partial charge in [0.05, 0.1) is 21.8 Å². The van der Waals surface area contributed by atoms with Crippen LogP contribution in [0.4, 0.5) is 0 Å². The van der Waals surface area contributed by atoms with Gasteiger partial charge in [-0.15, -0.1) is 0 Å². The summed E-state index contributed by atoms with van der Waals surface area (Å²) in [6.45, 7) is 4.19. The van der Waals surface area contributed by atoms with Crippen LogP contribution in [-0.4, -0.2) is 8.42 Å². The first kappa shape index (κ1) is 20.2. The van der Waals surface area contributed by atoms with E-state index in [-0.39, 0.29) is 5.92 Å². The Hall–Kier alpha value is -2.12. The molecule has 0 aliphatic heterocycles. The van der Waals surface area contributed by atoms with E-state index in [1.807, 2.05) is 13.0 Å². The van der Waals surface area contributed by atoms with Crippen molar-refractivity contribution in [1.82, 2.24) is 0 Å². The van der Waals surface area contributed by atoms with E-state index in [1.165, 1.54) is 6.42 Å². The second kappa shape index (κ2) is 9.54. The number of unbranched alkanes of at least 4 members (excludes halogenated alkanes) is 3. The molecule has 0 amide bonds. The summed E-state index contributed by atoms with van der Waals surface area (Å²) in [5, 5.41) is 8.41. The molecule has 0 radical (unpaired) electrons. The maximum absolute atomic E-state index is 13.4. The SMILES string of the molecule is CCCCCCC(C)C(c1ccc(C#N)cc1)S(=O)(=O)c1ccccc1. The van der Waals surface area contributed by atoms with Crippen LogP contribution in [0.1, 0.15) is 62.3 Å². The van der Waals surface area contributed by atoms with Crippen molar-refractivity contribution in [3.05, 3.63) is 65.7 Å². The minimum absolute atomic E-state index is 0.00463. The lowest BCUT2D eigenvalue weighted by Crippen LogP contribution is -2.21. The molecule has 2 atom stereocenters. The van der Waals surface area contributed by atoms with Gasteiger partial charge in [0, 0.05) is 0 Å². The zero-order valence-electron chi connectivity index (χ0n) is 15.6. The highest BCUT2D eigenvalue weighted by Gasteiger charge is 2.33. The van der Waals surface area contributed by atoms with Crippen LogP contribution in [0.2, 0.25) is 0 Å². The van der Waals surface area contributed by atoms with Gasteiger partial charge in [0.1, 0.15) is 0 Å². The predicted molar refractivity (Wildman–Crippen MR) is 105 cm³/mol. The van der Waals surface area contributed by atoms with Gasteiger partial charge in [0.2, 0.25) is 0 Å². The fourth-order valence-electron chi connectivity index (χ4n) is 3.36. The van der Waals surface area contributed by atoms with E-state index < -0.39 is 15.1 Å². The van der Waals surface area contributed by atoms with Gasteiger partial charge in [-0.2, -0.15) is 5.26 Å². The fourth-order valence-corrected chi connectivity index (χ4v) is 5.45. The maximum Gasteiger partial charge on any atom is 0.185 e. The highest BCUT2D eigenvalue weighted by molar-refractivity contribution is 7.91. The summed E-state index contributed by atoms with van der Waals surface area (Å²) >= 11 is 0. The van der Waals surface area contributed by atoms with Crippen LogP contribution in [0, 0.1) is 17.2 Å². The Morgan fingerprint density at radius 3 is 2.19 bits per heavy atom. The second-order valence-electron chi connectivity index (χ2n) is 6.84. The standard InChI is InChI=1S/C22H27NO2S/c1-3-4-5-7-10-18(2)22(20-15-13-19(17-23)14-16-20)26(24,25)21-11-8-6-9-12-21/h6,8-9,11-16,18,22H,3-5,7,10H2,1-2H3. The average molecular weight is 370 g/mol. The van der Waals surface area contributed by atoms with Crippen LogP contribution in [0.5, 0.6) is 0 Å². The third kappa shape index (κ3) is 4.95. The summed E-state index contributed by atoms with van der Waals surface area (Å²) in [5.41, 5.74) is 1.30. The van der Waals surface area contributed by atoms with E-state index in [2.05, 4.69) is 13.0 Å². The molecule has 2 unspecified atom stereocenters. The highest BCUT2D eigenvalue weighted by Crippen LogP contribution is 2.37. The van der Waals surface area contributed by atoms with E-state index in [1.54, 1.807) is 48.5 Å². The molecule has 26 heavy (non-hydrogen) atoms. The quantitative estimate of drug-likeness (QED) is 0.534. The zero-order chi connectivity index (χ0) is 19.0.